The fourth-order valence-corrected chi connectivity index (χ4v) is 5.08. The lowest BCUT2D eigenvalue weighted by Crippen LogP contribution is -2.36. The summed E-state index contributed by atoms with van der Waals surface area (Å²) in [5.41, 5.74) is 3.19. The molecule has 1 fully saturated rings. The zero-order valence-electron chi connectivity index (χ0n) is 19.3. The van der Waals surface area contributed by atoms with Crippen molar-refractivity contribution in [3.8, 4) is 11.5 Å². The first kappa shape index (κ1) is 21.5. The van der Waals surface area contributed by atoms with Gasteiger partial charge in [-0.1, -0.05) is 12.1 Å². The Morgan fingerprint density at radius 3 is 2.55 bits per heavy atom. The molecular formula is C26H27NO6. The van der Waals surface area contributed by atoms with E-state index in [2.05, 4.69) is 0 Å². The van der Waals surface area contributed by atoms with Crippen LogP contribution >= 0.6 is 0 Å². The summed E-state index contributed by atoms with van der Waals surface area (Å²) in [5, 5.41) is 0.511. The van der Waals surface area contributed by atoms with Crippen molar-refractivity contribution in [2.75, 3.05) is 27.4 Å². The van der Waals surface area contributed by atoms with Crippen LogP contribution in [-0.4, -0.2) is 44.3 Å². The van der Waals surface area contributed by atoms with Crippen LogP contribution in [0.25, 0.3) is 11.0 Å². The van der Waals surface area contributed by atoms with Crippen LogP contribution in [0.3, 0.4) is 0 Å². The summed E-state index contributed by atoms with van der Waals surface area (Å²) in [6.07, 6.45) is 1.76. The molecule has 0 unspecified atom stereocenters. The molecule has 3 aromatic rings. The molecule has 1 aromatic heterocycles. The van der Waals surface area contributed by atoms with Gasteiger partial charge in [0.25, 0.3) is 5.91 Å². The second-order valence-electron chi connectivity index (χ2n) is 8.74. The van der Waals surface area contributed by atoms with Gasteiger partial charge in [-0.2, -0.15) is 0 Å². The molecule has 0 bridgehead atoms. The predicted molar refractivity (Wildman–Crippen MR) is 123 cm³/mol. The van der Waals surface area contributed by atoms with Gasteiger partial charge in [0.15, 0.2) is 16.9 Å². The Labute approximate surface area is 191 Å². The Bertz CT molecular complexity index is 1300. The second-order valence-corrected chi connectivity index (χ2v) is 8.74. The molecule has 2 aliphatic rings. The highest BCUT2D eigenvalue weighted by molar-refractivity contribution is 5.99. The normalized spacial score (nSPS) is 19.9. The van der Waals surface area contributed by atoms with Crippen molar-refractivity contribution < 1.29 is 23.4 Å². The molecule has 172 valence electrons. The molecule has 2 aliphatic heterocycles. The molecule has 3 heterocycles. The van der Waals surface area contributed by atoms with E-state index in [1.54, 1.807) is 25.2 Å². The lowest BCUT2D eigenvalue weighted by Gasteiger charge is -2.27. The van der Waals surface area contributed by atoms with Crippen LogP contribution in [-0.2, 0) is 4.74 Å². The second kappa shape index (κ2) is 8.23. The fourth-order valence-electron chi connectivity index (χ4n) is 5.08. The number of carbonyl (C=O) groups excluding carboxylic acids is 1. The Kier molecular flexibility index (Phi) is 5.37. The Hall–Kier alpha value is -3.32. The van der Waals surface area contributed by atoms with E-state index in [9.17, 15) is 9.59 Å². The van der Waals surface area contributed by atoms with E-state index in [1.807, 2.05) is 38.1 Å². The zero-order chi connectivity index (χ0) is 23.3. The van der Waals surface area contributed by atoms with Crippen LogP contribution in [0, 0.1) is 13.8 Å². The van der Waals surface area contributed by atoms with Crippen LogP contribution in [0.1, 0.15) is 51.7 Å². The number of carbonyl (C=O) groups is 1. The molecule has 1 amide bonds. The van der Waals surface area contributed by atoms with E-state index < -0.39 is 6.04 Å². The number of methoxy groups -OCH3 is 2. The third-order valence-electron chi connectivity index (χ3n) is 6.56. The van der Waals surface area contributed by atoms with E-state index in [-0.39, 0.29) is 23.2 Å². The number of ether oxygens (including phenoxy) is 3. The molecule has 0 N–H and O–H groups in total. The fraction of sp³-hybridized carbons (Fsp3) is 0.385. The van der Waals surface area contributed by atoms with Crippen molar-refractivity contribution in [1.29, 1.82) is 0 Å². The maximum Gasteiger partial charge on any atom is 0.291 e. The minimum atomic E-state index is -0.599. The maximum absolute atomic E-state index is 13.8. The number of aryl methyl sites for hydroxylation is 2. The molecule has 2 atom stereocenters. The molecule has 7 heteroatoms. The van der Waals surface area contributed by atoms with Crippen LogP contribution in [0.4, 0.5) is 0 Å². The van der Waals surface area contributed by atoms with Gasteiger partial charge in [-0.3, -0.25) is 9.59 Å². The van der Waals surface area contributed by atoms with Crippen molar-refractivity contribution in [2.45, 2.75) is 38.8 Å². The lowest BCUT2D eigenvalue weighted by molar-refractivity contribution is 0.0486. The molecule has 33 heavy (non-hydrogen) atoms. The minimum Gasteiger partial charge on any atom is -0.493 e. The molecule has 2 aromatic carbocycles. The van der Waals surface area contributed by atoms with E-state index in [4.69, 9.17) is 18.6 Å². The first-order valence-electron chi connectivity index (χ1n) is 11.2. The van der Waals surface area contributed by atoms with Crippen molar-refractivity contribution in [3.05, 3.63) is 68.6 Å². The minimum absolute atomic E-state index is 0.0700. The maximum atomic E-state index is 13.8. The van der Waals surface area contributed by atoms with Gasteiger partial charge in [-0.25, -0.2) is 0 Å². The molecule has 7 nitrogen and oxygen atoms in total. The third-order valence-corrected chi connectivity index (χ3v) is 6.56. The summed E-state index contributed by atoms with van der Waals surface area (Å²) in [5.74, 6) is 0.923. The summed E-state index contributed by atoms with van der Waals surface area (Å²) in [4.78, 5) is 29.1. The lowest BCUT2D eigenvalue weighted by atomic mass is 9.96. The smallest absolute Gasteiger partial charge is 0.291 e. The van der Waals surface area contributed by atoms with Gasteiger partial charge in [0.1, 0.15) is 5.58 Å². The zero-order valence-corrected chi connectivity index (χ0v) is 19.3. The third kappa shape index (κ3) is 3.47. The van der Waals surface area contributed by atoms with Gasteiger partial charge in [0, 0.05) is 13.2 Å². The van der Waals surface area contributed by atoms with Crippen molar-refractivity contribution in [2.24, 2.45) is 0 Å². The first-order valence-corrected chi connectivity index (χ1v) is 11.2. The highest BCUT2D eigenvalue weighted by Gasteiger charge is 2.44. The number of benzene rings is 2. The van der Waals surface area contributed by atoms with E-state index in [0.29, 0.717) is 41.2 Å². The monoisotopic (exact) mass is 449 g/mol. The first-order chi connectivity index (χ1) is 15.9. The number of hydrogen-bond acceptors (Lipinski definition) is 6. The number of rotatable bonds is 5. The summed E-state index contributed by atoms with van der Waals surface area (Å²) in [7, 11) is 3.13. The average Bonchev–Trinajstić information content (AvgIpc) is 3.40. The van der Waals surface area contributed by atoms with Gasteiger partial charge in [-0.05, 0) is 61.6 Å². The molecule has 0 spiro atoms. The summed E-state index contributed by atoms with van der Waals surface area (Å²) < 4.78 is 22.8. The van der Waals surface area contributed by atoms with Crippen molar-refractivity contribution in [1.82, 2.24) is 4.90 Å². The summed E-state index contributed by atoms with van der Waals surface area (Å²) >= 11 is 0. The van der Waals surface area contributed by atoms with E-state index >= 15 is 0 Å². The standard InChI is InChI=1S/C26H27NO6/c1-14-10-15(2)21-20(11-14)33-25-22(24(21)28)23(16-7-8-18(30-3)19(12-16)31-4)27(26(25)29)13-17-6-5-9-32-17/h7-8,10-12,17,23H,5-6,9,13H2,1-4H3/t17-,23-/m0/s1. The van der Waals surface area contributed by atoms with Crippen molar-refractivity contribution in [3.63, 3.8) is 0 Å². The van der Waals surface area contributed by atoms with E-state index in [0.717, 1.165) is 29.5 Å². The summed E-state index contributed by atoms with van der Waals surface area (Å²) in [6.45, 7) is 4.90. The Morgan fingerprint density at radius 2 is 1.85 bits per heavy atom. The number of nitrogens with zero attached hydrogens (tertiary/aromatic N) is 1. The quantitative estimate of drug-likeness (QED) is 0.582. The van der Waals surface area contributed by atoms with Gasteiger partial charge in [0.05, 0.1) is 37.3 Å². The number of hydrogen-bond donors (Lipinski definition) is 0. The van der Waals surface area contributed by atoms with Gasteiger partial charge in [0.2, 0.25) is 5.76 Å². The largest absolute Gasteiger partial charge is 0.493 e. The van der Waals surface area contributed by atoms with Crippen LogP contribution < -0.4 is 14.9 Å². The highest BCUT2D eigenvalue weighted by Crippen LogP contribution is 2.41. The highest BCUT2D eigenvalue weighted by atomic mass is 16.5. The summed E-state index contributed by atoms with van der Waals surface area (Å²) in [6, 6.07) is 8.64. The SMILES string of the molecule is COc1ccc([C@H]2c3c(oc4cc(C)cc(C)c4c3=O)C(=O)N2C[C@@H]2CCCO2)cc1OC. The van der Waals surface area contributed by atoms with Crippen LogP contribution in [0.5, 0.6) is 11.5 Å². The topological polar surface area (TPSA) is 78.2 Å². The number of fused-ring (bicyclic) bond motifs is 2. The number of amides is 1. The average molecular weight is 450 g/mol. The van der Waals surface area contributed by atoms with Crippen molar-refractivity contribution >= 4 is 16.9 Å². The van der Waals surface area contributed by atoms with E-state index in [1.165, 1.54) is 0 Å². The molecule has 5 rings (SSSR count). The molecule has 0 radical (unpaired) electrons. The molecular weight excluding hydrogens is 422 g/mol. The van der Waals surface area contributed by atoms with Gasteiger partial charge in [-0.15, -0.1) is 0 Å². The Morgan fingerprint density at radius 1 is 1.06 bits per heavy atom. The van der Waals surface area contributed by atoms with Gasteiger partial charge >= 0.3 is 0 Å². The molecule has 0 saturated carbocycles. The van der Waals surface area contributed by atoms with Crippen LogP contribution in [0.2, 0.25) is 0 Å². The molecule has 1 saturated heterocycles. The Balaban J connectivity index is 1.73. The molecule has 0 aliphatic carbocycles. The van der Waals surface area contributed by atoms with Crippen LogP contribution in [0.15, 0.2) is 39.5 Å². The predicted octanol–water partition coefficient (Wildman–Crippen LogP) is 4.15. The van der Waals surface area contributed by atoms with Gasteiger partial charge < -0.3 is 23.5 Å².